The number of thiophene rings is 1. The van der Waals surface area contributed by atoms with Crippen molar-refractivity contribution in [1.29, 1.82) is 0 Å². The molecule has 2 heterocycles. The average molecular weight is 475 g/mol. The summed E-state index contributed by atoms with van der Waals surface area (Å²) in [7, 11) is 0. The number of nitrogens with zero attached hydrogens (tertiary/aromatic N) is 2. The van der Waals surface area contributed by atoms with Gasteiger partial charge in [-0.1, -0.05) is 32.6 Å². The van der Waals surface area contributed by atoms with Crippen LogP contribution in [0.15, 0.2) is 6.07 Å². The number of aromatic carboxylic acids is 1. The monoisotopic (exact) mass is 474 g/mol. The van der Waals surface area contributed by atoms with Gasteiger partial charge in [-0.3, -0.25) is 9.59 Å². The highest BCUT2D eigenvalue weighted by Gasteiger charge is 2.34. The van der Waals surface area contributed by atoms with Crippen LogP contribution in [0.3, 0.4) is 0 Å². The van der Waals surface area contributed by atoms with E-state index in [9.17, 15) is 19.5 Å². The van der Waals surface area contributed by atoms with Crippen molar-refractivity contribution in [2.75, 3.05) is 37.7 Å². The molecule has 0 aromatic carbocycles. The Morgan fingerprint density at radius 2 is 1.88 bits per heavy atom. The fourth-order valence-electron chi connectivity index (χ4n) is 4.20. The maximum Gasteiger partial charge on any atom is 0.348 e. The first kappa shape index (κ1) is 25.3. The van der Waals surface area contributed by atoms with E-state index >= 15 is 0 Å². The van der Waals surface area contributed by atoms with Gasteiger partial charge in [-0.15, -0.1) is 11.3 Å². The fraction of sp³-hybridized carbons (Fsp3) is 0.640. The van der Waals surface area contributed by atoms with Crippen LogP contribution in [0.25, 0.3) is 0 Å². The minimum absolute atomic E-state index is 0.0520. The molecule has 1 aliphatic heterocycles. The number of amides is 2. The Balaban J connectivity index is 1.92. The van der Waals surface area contributed by atoms with Gasteiger partial charge in [0, 0.05) is 25.4 Å². The van der Waals surface area contributed by atoms with Crippen molar-refractivity contribution in [2.24, 2.45) is 17.8 Å². The molecule has 0 unspecified atom stereocenters. The molecule has 3 rings (SSSR count). The summed E-state index contributed by atoms with van der Waals surface area (Å²) in [5.74, 6) is 5.46. The van der Waals surface area contributed by atoms with Crippen molar-refractivity contribution in [2.45, 2.75) is 52.9 Å². The maximum atomic E-state index is 13.6. The molecule has 1 N–H and O–H groups in total. The number of carboxylic acid groups (broad SMARTS) is 1. The predicted molar refractivity (Wildman–Crippen MR) is 128 cm³/mol. The lowest BCUT2D eigenvalue weighted by molar-refractivity contribution is -0.135. The molecular formula is C25H34N2O5S. The molecule has 1 saturated carbocycles. The summed E-state index contributed by atoms with van der Waals surface area (Å²) < 4.78 is 5.33. The molecule has 2 aliphatic rings. The Morgan fingerprint density at radius 3 is 2.48 bits per heavy atom. The second kappa shape index (κ2) is 11.7. The zero-order valence-electron chi connectivity index (χ0n) is 19.8. The summed E-state index contributed by atoms with van der Waals surface area (Å²) in [4.78, 5) is 42.5. The molecule has 2 amide bonds. The summed E-state index contributed by atoms with van der Waals surface area (Å²) in [5, 5.41) is 9.86. The number of carboxylic acids is 1. The summed E-state index contributed by atoms with van der Waals surface area (Å²) in [5.41, 5.74) is 0.284. The molecule has 180 valence electrons. The van der Waals surface area contributed by atoms with E-state index in [1.807, 2.05) is 0 Å². The van der Waals surface area contributed by atoms with Crippen LogP contribution in [0.1, 0.15) is 67.4 Å². The number of morpholine rings is 1. The average Bonchev–Trinajstić information content (AvgIpc) is 3.22. The highest BCUT2D eigenvalue weighted by molar-refractivity contribution is 7.15. The number of rotatable bonds is 6. The van der Waals surface area contributed by atoms with Crippen LogP contribution in [0.5, 0.6) is 0 Å². The third-order valence-corrected chi connectivity index (χ3v) is 7.24. The Bertz CT molecular complexity index is 915. The van der Waals surface area contributed by atoms with Crippen LogP contribution >= 0.6 is 11.3 Å². The molecule has 33 heavy (non-hydrogen) atoms. The van der Waals surface area contributed by atoms with Crippen molar-refractivity contribution in [3.8, 4) is 11.8 Å². The first-order valence-corrected chi connectivity index (χ1v) is 12.6. The quantitative estimate of drug-likeness (QED) is 0.633. The number of carbonyl (C=O) groups is 3. The lowest BCUT2D eigenvalue weighted by atomic mass is 9.82. The van der Waals surface area contributed by atoms with Crippen LogP contribution in [0, 0.1) is 29.6 Å². The van der Waals surface area contributed by atoms with Gasteiger partial charge >= 0.3 is 5.97 Å². The van der Waals surface area contributed by atoms with Gasteiger partial charge in [-0.05, 0) is 43.6 Å². The van der Waals surface area contributed by atoms with E-state index in [0.717, 1.165) is 37.0 Å². The topological polar surface area (TPSA) is 87.2 Å². The molecule has 0 bridgehead atoms. The summed E-state index contributed by atoms with van der Waals surface area (Å²) in [6.45, 7) is 8.04. The largest absolute Gasteiger partial charge is 0.477 e. The van der Waals surface area contributed by atoms with Crippen molar-refractivity contribution in [1.82, 2.24) is 4.90 Å². The molecule has 1 aromatic heterocycles. The van der Waals surface area contributed by atoms with Crippen LogP contribution in [-0.4, -0.2) is 60.6 Å². The Morgan fingerprint density at radius 1 is 1.21 bits per heavy atom. The van der Waals surface area contributed by atoms with E-state index in [1.165, 1.54) is 4.90 Å². The zero-order chi connectivity index (χ0) is 24.0. The van der Waals surface area contributed by atoms with Crippen molar-refractivity contribution < 1.29 is 24.2 Å². The van der Waals surface area contributed by atoms with E-state index < -0.39 is 5.97 Å². The van der Waals surface area contributed by atoms with E-state index in [0.29, 0.717) is 49.4 Å². The molecule has 1 aromatic rings. The fourth-order valence-corrected chi connectivity index (χ4v) is 5.07. The van der Waals surface area contributed by atoms with Gasteiger partial charge in [0.15, 0.2) is 0 Å². The molecule has 0 spiro atoms. The molecule has 7 nitrogen and oxygen atoms in total. The predicted octanol–water partition coefficient (Wildman–Crippen LogP) is 3.86. The highest BCUT2D eigenvalue weighted by atomic mass is 32.1. The van der Waals surface area contributed by atoms with E-state index in [4.69, 9.17) is 4.74 Å². The second-order valence-corrected chi connectivity index (χ2v) is 10.5. The van der Waals surface area contributed by atoms with Crippen LogP contribution < -0.4 is 4.90 Å². The molecule has 0 atom stereocenters. The van der Waals surface area contributed by atoms with Gasteiger partial charge in [0.25, 0.3) is 0 Å². The summed E-state index contributed by atoms with van der Waals surface area (Å²) >= 11 is 1.06. The molecular weight excluding hydrogens is 440 g/mol. The normalized spacial score (nSPS) is 20.8. The first-order valence-electron chi connectivity index (χ1n) is 11.8. The van der Waals surface area contributed by atoms with Crippen molar-refractivity contribution in [3.63, 3.8) is 0 Å². The highest BCUT2D eigenvalue weighted by Crippen LogP contribution is 2.35. The SMILES string of the molecule is CC(C)CC#Cc1cc(N(CC(=O)N2CCOCC2)C(=O)C2CCC(C)CC2)c(C(=O)O)s1. The van der Waals surface area contributed by atoms with E-state index in [-0.39, 0.29) is 34.8 Å². The number of ether oxygens (including phenoxy) is 1. The van der Waals surface area contributed by atoms with Gasteiger partial charge in [0.2, 0.25) is 11.8 Å². The standard InChI is InChI=1S/C25H34N2O5S/c1-17(2)5-4-6-20-15-21(23(33-20)25(30)31)27(16-22(28)26-11-13-32-14-12-26)24(29)19-9-7-18(3)8-10-19/h15,17-19H,5,7-14,16H2,1-3H3,(H,30,31). The lowest BCUT2D eigenvalue weighted by Crippen LogP contribution is -2.48. The maximum absolute atomic E-state index is 13.6. The summed E-state index contributed by atoms with van der Waals surface area (Å²) in [6, 6.07) is 1.66. The van der Waals surface area contributed by atoms with Crippen molar-refractivity contribution >= 4 is 34.8 Å². The number of carbonyl (C=O) groups excluding carboxylic acids is 2. The van der Waals surface area contributed by atoms with Gasteiger partial charge < -0.3 is 19.6 Å². The number of hydrogen-bond acceptors (Lipinski definition) is 5. The number of hydrogen-bond donors (Lipinski definition) is 1. The third kappa shape index (κ3) is 6.81. The van der Waals surface area contributed by atoms with Gasteiger partial charge in [0.05, 0.1) is 23.8 Å². The Labute approximate surface area is 200 Å². The van der Waals surface area contributed by atoms with E-state index in [2.05, 4.69) is 32.6 Å². The second-order valence-electron chi connectivity index (χ2n) is 9.40. The lowest BCUT2D eigenvalue weighted by Gasteiger charge is -2.33. The van der Waals surface area contributed by atoms with Crippen LogP contribution in [0.2, 0.25) is 0 Å². The molecule has 8 heteroatoms. The summed E-state index contributed by atoms with van der Waals surface area (Å²) in [6.07, 6.45) is 4.14. The van der Waals surface area contributed by atoms with Gasteiger partial charge in [0.1, 0.15) is 11.4 Å². The van der Waals surface area contributed by atoms with Crippen molar-refractivity contribution in [3.05, 3.63) is 15.8 Å². The number of anilines is 1. The molecule has 2 fully saturated rings. The minimum atomic E-state index is -1.11. The Hall–Kier alpha value is -2.37. The smallest absolute Gasteiger partial charge is 0.348 e. The zero-order valence-corrected chi connectivity index (χ0v) is 20.6. The van der Waals surface area contributed by atoms with Crippen LogP contribution in [0.4, 0.5) is 5.69 Å². The third-order valence-electron chi connectivity index (χ3n) is 6.21. The van der Waals surface area contributed by atoms with Crippen LogP contribution in [-0.2, 0) is 14.3 Å². The molecule has 1 aliphatic carbocycles. The molecule has 0 radical (unpaired) electrons. The van der Waals surface area contributed by atoms with Gasteiger partial charge in [-0.25, -0.2) is 4.79 Å². The molecule has 1 saturated heterocycles. The first-order chi connectivity index (χ1) is 15.8. The minimum Gasteiger partial charge on any atom is -0.477 e. The van der Waals surface area contributed by atoms with E-state index in [1.54, 1.807) is 11.0 Å². The van der Waals surface area contributed by atoms with Gasteiger partial charge in [-0.2, -0.15) is 0 Å². The Kier molecular flexibility index (Phi) is 8.93.